The molecule has 3 rings (SSSR count). The fourth-order valence-corrected chi connectivity index (χ4v) is 3.40. The zero-order valence-corrected chi connectivity index (χ0v) is 14.3. The molecule has 23 heavy (non-hydrogen) atoms. The molecule has 1 atom stereocenters. The van der Waals surface area contributed by atoms with Gasteiger partial charge < -0.3 is 10.2 Å². The Morgan fingerprint density at radius 2 is 1.52 bits per heavy atom. The van der Waals surface area contributed by atoms with Crippen molar-refractivity contribution in [3.63, 3.8) is 0 Å². The highest BCUT2D eigenvalue weighted by Gasteiger charge is 2.15. The highest BCUT2D eigenvalue weighted by molar-refractivity contribution is 6.30. The van der Waals surface area contributed by atoms with Gasteiger partial charge in [-0.15, -0.1) is 0 Å². The van der Waals surface area contributed by atoms with Crippen LogP contribution in [-0.2, 0) is 0 Å². The molecule has 0 bridgehead atoms. The van der Waals surface area contributed by atoms with Gasteiger partial charge in [0.15, 0.2) is 0 Å². The lowest BCUT2D eigenvalue weighted by Crippen LogP contribution is -2.37. The van der Waals surface area contributed by atoms with Gasteiger partial charge in [-0.3, -0.25) is 0 Å². The quantitative estimate of drug-likeness (QED) is 0.839. The summed E-state index contributed by atoms with van der Waals surface area (Å²) in [4.78, 5) is 2.57. The molecule has 2 aromatic carbocycles. The summed E-state index contributed by atoms with van der Waals surface area (Å²) in [6.45, 7) is 4.62. The summed E-state index contributed by atoms with van der Waals surface area (Å²) in [5.74, 6) is 0. The van der Waals surface area contributed by atoms with Crippen molar-refractivity contribution in [2.24, 2.45) is 0 Å². The highest BCUT2D eigenvalue weighted by Crippen LogP contribution is 2.23. The summed E-state index contributed by atoms with van der Waals surface area (Å²) < 4.78 is 0. The molecule has 1 aliphatic rings. The third kappa shape index (κ3) is 4.81. The van der Waals surface area contributed by atoms with E-state index in [2.05, 4.69) is 52.7 Å². The van der Waals surface area contributed by atoms with Gasteiger partial charge in [-0.05, 0) is 49.2 Å². The van der Waals surface area contributed by atoms with Crippen molar-refractivity contribution in [3.8, 4) is 0 Å². The largest absolute Gasteiger partial charge is 0.305 e. The lowest BCUT2D eigenvalue weighted by atomic mass is 9.99. The Morgan fingerprint density at radius 1 is 0.870 bits per heavy atom. The summed E-state index contributed by atoms with van der Waals surface area (Å²) in [7, 11) is 0. The van der Waals surface area contributed by atoms with Gasteiger partial charge in [-0.2, -0.15) is 0 Å². The minimum Gasteiger partial charge on any atom is -0.305 e. The number of likely N-dealkylation sites (tertiary alicyclic amines) is 1. The Balaban J connectivity index is 1.66. The first-order chi connectivity index (χ1) is 11.3. The monoisotopic (exact) mass is 328 g/mol. The lowest BCUT2D eigenvalue weighted by Gasteiger charge is -2.28. The second kappa shape index (κ2) is 8.49. The Kier molecular flexibility index (Phi) is 6.09. The number of piperidine rings is 1. The third-order valence-electron chi connectivity index (χ3n) is 4.56. The second-order valence-electron chi connectivity index (χ2n) is 6.25. The summed E-state index contributed by atoms with van der Waals surface area (Å²) in [5.41, 5.74) is 2.56. The van der Waals surface area contributed by atoms with Crippen LogP contribution in [0.4, 0.5) is 0 Å². The third-order valence-corrected chi connectivity index (χ3v) is 4.81. The number of hydrogen-bond donors (Lipinski definition) is 1. The van der Waals surface area contributed by atoms with Crippen LogP contribution in [0.2, 0.25) is 5.02 Å². The molecule has 2 aromatic rings. The fraction of sp³-hybridized carbons (Fsp3) is 0.400. The number of halogens is 1. The molecule has 0 saturated carbocycles. The van der Waals surface area contributed by atoms with Crippen molar-refractivity contribution in [1.82, 2.24) is 10.2 Å². The SMILES string of the molecule is Clc1ccc([C@@H](NCCN2CCCCC2)c2ccccc2)cc1. The zero-order chi connectivity index (χ0) is 15.9. The predicted octanol–water partition coefficient (Wildman–Crippen LogP) is 4.50. The first kappa shape index (κ1) is 16.5. The average Bonchev–Trinajstić information content (AvgIpc) is 2.61. The minimum atomic E-state index is 0.221. The van der Waals surface area contributed by atoms with Crippen molar-refractivity contribution in [3.05, 3.63) is 70.7 Å². The molecular formula is C20H25ClN2. The summed E-state index contributed by atoms with van der Waals surface area (Å²) in [5, 5.41) is 4.52. The van der Waals surface area contributed by atoms with Crippen LogP contribution in [0.5, 0.6) is 0 Å². The minimum absolute atomic E-state index is 0.221. The van der Waals surface area contributed by atoms with Gasteiger partial charge in [0.1, 0.15) is 0 Å². The molecule has 1 heterocycles. The van der Waals surface area contributed by atoms with E-state index in [1.54, 1.807) is 0 Å². The van der Waals surface area contributed by atoms with Crippen LogP contribution >= 0.6 is 11.6 Å². The maximum absolute atomic E-state index is 6.04. The molecule has 0 aliphatic carbocycles. The van der Waals surface area contributed by atoms with E-state index in [9.17, 15) is 0 Å². The van der Waals surface area contributed by atoms with Gasteiger partial charge in [0.2, 0.25) is 0 Å². The number of rotatable bonds is 6. The molecule has 0 spiro atoms. The highest BCUT2D eigenvalue weighted by atomic mass is 35.5. The van der Waals surface area contributed by atoms with Crippen LogP contribution in [0.1, 0.15) is 36.4 Å². The van der Waals surface area contributed by atoms with Crippen LogP contribution < -0.4 is 5.32 Å². The molecule has 0 amide bonds. The van der Waals surface area contributed by atoms with E-state index in [0.717, 1.165) is 18.1 Å². The van der Waals surface area contributed by atoms with Crippen LogP contribution in [-0.4, -0.2) is 31.1 Å². The lowest BCUT2D eigenvalue weighted by molar-refractivity contribution is 0.227. The Hall–Kier alpha value is -1.35. The van der Waals surface area contributed by atoms with Crippen molar-refractivity contribution < 1.29 is 0 Å². The van der Waals surface area contributed by atoms with Gasteiger partial charge in [-0.1, -0.05) is 60.5 Å². The van der Waals surface area contributed by atoms with E-state index in [0.29, 0.717) is 0 Å². The zero-order valence-electron chi connectivity index (χ0n) is 13.5. The molecule has 122 valence electrons. The fourth-order valence-electron chi connectivity index (χ4n) is 3.28. The van der Waals surface area contributed by atoms with E-state index in [1.165, 1.54) is 43.5 Å². The molecule has 2 nitrogen and oxygen atoms in total. The van der Waals surface area contributed by atoms with Gasteiger partial charge in [0.05, 0.1) is 6.04 Å². The van der Waals surface area contributed by atoms with Crippen molar-refractivity contribution in [2.75, 3.05) is 26.2 Å². The van der Waals surface area contributed by atoms with Crippen molar-refractivity contribution in [1.29, 1.82) is 0 Å². The van der Waals surface area contributed by atoms with Crippen LogP contribution in [0.3, 0.4) is 0 Å². The Bertz CT molecular complexity index is 576. The molecule has 1 N–H and O–H groups in total. The second-order valence-corrected chi connectivity index (χ2v) is 6.69. The smallest absolute Gasteiger partial charge is 0.0577 e. The van der Waals surface area contributed by atoms with Crippen molar-refractivity contribution in [2.45, 2.75) is 25.3 Å². The number of benzene rings is 2. The van der Waals surface area contributed by atoms with Gasteiger partial charge in [0.25, 0.3) is 0 Å². The van der Waals surface area contributed by atoms with Gasteiger partial charge in [0, 0.05) is 18.1 Å². The van der Waals surface area contributed by atoms with E-state index in [1.807, 2.05) is 12.1 Å². The summed E-state index contributed by atoms with van der Waals surface area (Å²) >= 11 is 6.04. The molecular weight excluding hydrogens is 304 g/mol. The molecule has 0 aromatic heterocycles. The maximum Gasteiger partial charge on any atom is 0.0577 e. The number of nitrogens with zero attached hydrogens (tertiary/aromatic N) is 1. The molecule has 0 radical (unpaired) electrons. The number of hydrogen-bond acceptors (Lipinski definition) is 2. The van der Waals surface area contributed by atoms with Crippen LogP contribution in [0.15, 0.2) is 54.6 Å². The normalized spacial score (nSPS) is 17.1. The summed E-state index contributed by atoms with van der Waals surface area (Å²) in [6.07, 6.45) is 4.08. The predicted molar refractivity (Wildman–Crippen MR) is 98.0 cm³/mol. The van der Waals surface area contributed by atoms with E-state index in [4.69, 9.17) is 11.6 Å². The van der Waals surface area contributed by atoms with Crippen LogP contribution in [0.25, 0.3) is 0 Å². The van der Waals surface area contributed by atoms with Gasteiger partial charge in [-0.25, -0.2) is 0 Å². The van der Waals surface area contributed by atoms with Gasteiger partial charge >= 0.3 is 0 Å². The van der Waals surface area contributed by atoms with E-state index < -0.39 is 0 Å². The maximum atomic E-state index is 6.04. The molecule has 1 saturated heterocycles. The Labute approximate surface area is 144 Å². The van der Waals surface area contributed by atoms with E-state index in [-0.39, 0.29) is 6.04 Å². The molecule has 1 fully saturated rings. The Morgan fingerprint density at radius 3 is 2.22 bits per heavy atom. The topological polar surface area (TPSA) is 15.3 Å². The molecule has 0 unspecified atom stereocenters. The van der Waals surface area contributed by atoms with Crippen molar-refractivity contribution >= 4 is 11.6 Å². The molecule has 3 heteroatoms. The average molecular weight is 329 g/mol. The first-order valence-electron chi connectivity index (χ1n) is 8.59. The number of nitrogens with one attached hydrogen (secondary N) is 1. The van der Waals surface area contributed by atoms with E-state index >= 15 is 0 Å². The first-order valence-corrected chi connectivity index (χ1v) is 8.97. The molecule has 1 aliphatic heterocycles. The standard InChI is InChI=1S/C20H25ClN2/c21-19-11-9-18(10-12-19)20(17-7-3-1-4-8-17)22-13-16-23-14-5-2-6-15-23/h1,3-4,7-12,20,22H,2,5-6,13-16H2/t20-/m0/s1. The summed E-state index contributed by atoms with van der Waals surface area (Å²) in [6, 6.07) is 19.0. The van der Waals surface area contributed by atoms with Crippen LogP contribution in [0, 0.1) is 0 Å².